The summed E-state index contributed by atoms with van der Waals surface area (Å²) in [5.74, 6) is 0. The summed E-state index contributed by atoms with van der Waals surface area (Å²) in [5, 5.41) is 4.62. The molecule has 0 saturated heterocycles. The van der Waals surface area contributed by atoms with E-state index in [9.17, 15) is 0 Å². The van der Waals surface area contributed by atoms with Crippen LogP contribution in [0.25, 0.3) is 93.9 Å². The van der Waals surface area contributed by atoms with Gasteiger partial charge < -0.3 is 13.9 Å². The number of aryl methyl sites for hydroxylation is 1. The molecule has 3 nitrogen and oxygen atoms in total. The molecular formula is C61H42N2O. The molecule has 0 radical (unpaired) electrons. The second-order valence-corrected chi connectivity index (χ2v) is 16.5. The van der Waals surface area contributed by atoms with Gasteiger partial charge in [0.1, 0.15) is 11.2 Å². The number of para-hydroxylation sites is 3. The number of rotatable bonds is 8. The van der Waals surface area contributed by atoms with Crippen molar-refractivity contribution in [1.29, 1.82) is 0 Å². The predicted molar refractivity (Wildman–Crippen MR) is 269 cm³/mol. The molecule has 64 heavy (non-hydrogen) atoms. The predicted octanol–water partition coefficient (Wildman–Crippen LogP) is 17.1. The lowest BCUT2D eigenvalue weighted by Crippen LogP contribution is -2.13. The molecule has 0 saturated carbocycles. The maximum Gasteiger partial charge on any atom is 0.145 e. The van der Waals surface area contributed by atoms with Crippen molar-refractivity contribution in [2.45, 2.75) is 6.92 Å². The molecule has 0 aliphatic carbocycles. The lowest BCUT2D eigenvalue weighted by Gasteiger charge is -2.31. The molecule has 0 N–H and O–H groups in total. The second kappa shape index (κ2) is 15.5. The number of fused-ring (bicyclic) bond motifs is 6. The molecule has 10 aromatic carbocycles. The normalized spacial score (nSPS) is 11.5. The third-order valence-electron chi connectivity index (χ3n) is 12.7. The van der Waals surface area contributed by atoms with Crippen molar-refractivity contribution in [3.8, 4) is 50.2 Å². The van der Waals surface area contributed by atoms with Gasteiger partial charge in [-0.2, -0.15) is 0 Å². The van der Waals surface area contributed by atoms with Gasteiger partial charge in [-0.15, -0.1) is 0 Å². The quantitative estimate of drug-likeness (QED) is 0.152. The summed E-state index contributed by atoms with van der Waals surface area (Å²) >= 11 is 0. The van der Waals surface area contributed by atoms with Crippen LogP contribution in [0.1, 0.15) is 5.56 Å². The van der Waals surface area contributed by atoms with Crippen LogP contribution in [0, 0.1) is 6.92 Å². The van der Waals surface area contributed by atoms with Crippen molar-refractivity contribution in [3.05, 3.63) is 242 Å². The summed E-state index contributed by atoms with van der Waals surface area (Å²) in [6.45, 7) is 2.25. The Morgan fingerprint density at radius 3 is 1.61 bits per heavy atom. The van der Waals surface area contributed by atoms with Gasteiger partial charge >= 0.3 is 0 Å². The topological polar surface area (TPSA) is 21.3 Å². The number of hydrogen-bond acceptors (Lipinski definition) is 2. The van der Waals surface area contributed by atoms with E-state index in [1.807, 2.05) is 0 Å². The average Bonchev–Trinajstić information content (AvgIpc) is 3.92. The van der Waals surface area contributed by atoms with Crippen LogP contribution in [0.3, 0.4) is 0 Å². The summed E-state index contributed by atoms with van der Waals surface area (Å²) in [5.41, 5.74) is 18.7. The van der Waals surface area contributed by atoms with Gasteiger partial charge in [0.25, 0.3) is 0 Å². The van der Waals surface area contributed by atoms with Crippen LogP contribution in [0.5, 0.6) is 0 Å². The number of aromatic nitrogens is 1. The summed E-state index contributed by atoms with van der Waals surface area (Å²) < 4.78 is 9.42. The molecule has 0 unspecified atom stereocenters. The summed E-state index contributed by atoms with van der Waals surface area (Å²) in [4.78, 5) is 2.46. The maximum atomic E-state index is 7.04. The Morgan fingerprint density at radius 1 is 0.391 bits per heavy atom. The van der Waals surface area contributed by atoms with E-state index in [0.717, 1.165) is 72.5 Å². The van der Waals surface area contributed by atoms with Gasteiger partial charge in [-0.1, -0.05) is 170 Å². The van der Waals surface area contributed by atoms with Crippen molar-refractivity contribution in [2.75, 3.05) is 4.90 Å². The standard InChI is InChI=1S/C61H42N2O/c1-41-38-47(43-20-7-3-8-21-43)40-54(45-22-9-4-10-23-45)60(41)63(48-34-32-44(33-35-48)42-18-5-2-6-19-42)57-37-36-50(61-59(57)53-28-13-16-31-58(53)64-61)46-24-17-25-49(39-46)62-55-29-14-11-26-51(55)52-27-12-15-30-56(52)62/h2-40H,1H3. The van der Waals surface area contributed by atoms with E-state index < -0.39 is 0 Å². The highest BCUT2D eigenvalue weighted by Crippen LogP contribution is 2.50. The minimum atomic E-state index is 0.851. The maximum absolute atomic E-state index is 7.04. The molecule has 2 aromatic heterocycles. The monoisotopic (exact) mass is 818 g/mol. The first kappa shape index (κ1) is 37.4. The van der Waals surface area contributed by atoms with E-state index in [1.165, 1.54) is 44.1 Å². The van der Waals surface area contributed by atoms with Gasteiger partial charge in [-0.05, 0) is 113 Å². The number of nitrogens with zero attached hydrogens (tertiary/aromatic N) is 2. The van der Waals surface area contributed by atoms with E-state index in [-0.39, 0.29) is 0 Å². The van der Waals surface area contributed by atoms with Gasteiger partial charge in [0.05, 0.1) is 27.8 Å². The lowest BCUT2D eigenvalue weighted by molar-refractivity contribution is 0.670. The molecular weight excluding hydrogens is 777 g/mol. The second-order valence-electron chi connectivity index (χ2n) is 16.5. The highest BCUT2D eigenvalue weighted by atomic mass is 16.3. The van der Waals surface area contributed by atoms with Crippen LogP contribution >= 0.6 is 0 Å². The number of anilines is 3. The fourth-order valence-electron chi connectivity index (χ4n) is 9.77. The van der Waals surface area contributed by atoms with Gasteiger partial charge in [-0.25, -0.2) is 0 Å². The first-order chi connectivity index (χ1) is 31.7. The molecule has 12 rings (SSSR count). The highest BCUT2D eigenvalue weighted by Gasteiger charge is 2.26. The van der Waals surface area contributed by atoms with Gasteiger partial charge in [-0.3, -0.25) is 0 Å². The lowest BCUT2D eigenvalue weighted by atomic mass is 9.92. The number of furan rings is 1. The van der Waals surface area contributed by atoms with Crippen LogP contribution in [-0.4, -0.2) is 4.57 Å². The van der Waals surface area contributed by atoms with Crippen LogP contribution < -0.4 is 4.90 Å². The third-order valence-corrected chi connectivity index (χ3v) is 12.7. The molecule has 2 heterocycles. The Bertz CT molecular complexity index is 3610. The van der Waals surface area contributed by atoms with Crippen molar-refractivity contribution < 1.29 is 4.42 Å². The smallest absolute Gasteiger partial charge is 0.145 e. The van der Waals surface area contributed by atoms with Crippen molar-refractivity contribution in [3.63, 3.8) is 0 Å². The van der Waals surface area contributed by atoms with E-state index >= 15 is 0 Å². The first-order valence-corrected chi connectivity index (χ1v) is 21.9. The fourth-order valence-corrected chi connectivity index (χ4v) is 9.77. The van der Waals surface area contributed by atoms with Crippen molar-refractivity contribution >= 4 is 60.8 Å². The zero-order valence-electron chi connectivity index (χ0n) is 35.3. The third kappa shape index (κ3) is 6.29. The van der Waals surface area contributed by atoms with Gasteiger partial charge in [0.2, 0.25) is 0 Å². The summed E-state index contributed by atoms with van der Waals surface area (Å²) in [6, 6.07) is 85.1. The largest absolute Gasteiger partial charge is 0.455 e. The molecule has 3 heteroatoms. The summed E-state index contributed by atoms with van der Waals surface area (Å²) in [7, 11) is 0. The number of hydrogen-bond donors (Lipinski definition) is 0. The minimum absolute atomic E-state index is 0.851. The van der Waals surface area contributed by atoms with E-state index in [1.54, 1.807) is 0 Å². The molecule has 0 fully saturated rings. The van der Waals surface area contributed by atoms with Crippen molar-refractivity contribution in [2.24, 2.45) is 0 Å². The van der Waals surface area contributed by atoms with Crippen LogP contribution in [-0.2, 0) is 0 Å². The molecule has 0 aliphatic rings. The van der Waals surface area contributed by atoms with Crippen molar-refractivity contribution in [1.82, 2.24) is 4.57 Å². The highest BCUT2D eigenvalue weighted by molar-refractivity contribution is 6.18. The Balaban J connectivity index is 1.11. The fraction of sp³-hybridized carbons (Fsp3) is 0.0164. The van der Waals surface area contributed by atoms with Gasteiger partial charge in [0.15, 0.2) is 0 Å². The Hall–Kier alpha value is -8.40. The Kier molecular flexibility index (Phi) is 9.05. The van der Waals surface area contributed by atoms with E-state index in [4.69, 9.17) is 4.42 Å². The molecule has 0 aliphatic heterocycles. The molecule has 302 valence electrons. The average molecular weight is 819 g/mol. The molecule has 12 aromatic rings. The molecule has 0 atom stereocenters. The zero-order chi connectivity index (χ0) is 42.6. The summed E-state index contributed by atoms with van der Waals surface area (Å²) in [6.07, 6.45) is 0. The first-order valence-electron chi connectivity index (χ1n) is 21.9. The number of benzene rings is 10. The molecule has 0 amide bonds. The molecule has 0 spiro atoms. The van der Waals surface area contributed by atoms with E-state index in [0.29, 0.717) is 0 Å². The van der Waals surface area contributed by atoms with Crippen LogP contribution in [0.4, 0.5) is 17.1 Å². The Morgan fingerprint density at radius 2 is 0.938 bits per heavy atom. The zero-order valence-corrected chi connectivity index (χ0v) is 35.3. The minimum Gasteiger partial charge on any atom is -0.455 e. The Labute approximate surface area is 372 Å². The van der Waals surface area contributed by atoms with E-state index in [2.05, 4.69) is 253 Å². The van der Waals surface area contributed by atoms with Crippen LogP contribution in [0.2, 0.25) is 0 Å². The van der Waals surface area contributed by atoms with Crippen LogP contribution in [0.15, 0.2) is 241 Å². The SMILES string of the molecule is Cc1cc(-c2ccccc2)cc(-c2ccccc2)c1N(c1ccc(-c2ccccc2)cc1)c1ccc(-c2cccc(-n3c4ccccc4c4ccccc43)c2)c2oc3ccccc3c12. The molecule has 0 bridgehead atoms. The van der Waals surface area contributed by atoms with Gasteiger partial charge in [0, 0.05) is 38.7 Å².